The Labute approximate surface area is 234 Å². The lowest BCUT2D eigenvalue weighted by atomic mass is 9.75. The molecular formula is C27H25ClFN5O4S. The van der Waals surface area contributed by atoms with Crippen molar-refractivity contribution in [2.75, 3.05) is 13.7 Å². The first-order valence-electron chi connectivity index (χ1n) is 12.3. The van der Waals surface area contributed by atoms with Crippen molar-refractivity contribution in [3.63, 3.8) is 0 Å². The summed E-state index contributed by atoms with van der Waals surface area (Å²) in [6.45, 7) is 1.87. The van der Waals surface area contributed by atoms with E-state index in [-0.39, 0.29) is 6.61 Å². The third-order valence-electron chi connectivity index (χ3n) is 7.12. The van der Waals surface area contributed by atoms with Gasteiger partial charge in [-0.15, -0.1) is 17.7 Å². The van der Waals surface area contributed by atoms with Crippen LogP contribution in [0, 0.1) is 12.9 Å². The van der Waals surface area contributed by atoms with Crippen LogP contribution in [0.5, 0.6) is 0 Å². The molecule has 0 amide bonds. The Morgan fingerprint density at radius 2 is 1.95 bits per heavy atom. The molecule has 2 aliphatic heterocycles. The number of fused-ring (bicyclic) bond motifs is 1. The largest absolute Gasteiger partial charge is 0.375 e. The summed E-state index contributed by atoms with van der Waals surface area (Å²) in [5, 5.41) is 9.28. The maximum Gasteiger partial charge on any atom is 0.216 e. The van der Waals surface area contributed by atoms with E-state index in [1.165, 1.54) is 0 Å². The second-order valence-corrected chi connectivity index (χ2v) is 10.4. The molecule has 2 saturated heterocycles. The van der Waals surface area contributed by atoms with Gasteiger partial charge in [-0.1, -0.05) is 53.2 Å². The quantitative estimate of drug-likeness (QED) is 0.280. The SMILES string of the molecule is CO[C@H]1[C@@H](S)O[C@@H]2COC(c3ccccc3)O[C@@H]2C1(c1cncc(Cl)c1)n1cc(-c2ccc(C)c(F)n2)nn1. The molecule has 0 aliphatic carbocycles. The van der Waals surface area contributed by atoms with Crippen LogP contribution in [0.3, 0.4) is 0 Å². The predicted octanol–water partition coefficient (Wildman–Crippen LogP) is 4.36. The monoisotopic (exact) mass is 569 g/mol. The first-order valence-corrected chi connectivity index (χ1v) is 13.2. The summed E-state index contributed by atoms with van der Waals surface area (Å²) < 4.78 is 41.0. The Hall–Kier alpha value is -2.93. The molecule has 3 aromatic heterocycles. The van der Waals surface area contributed by atoms with Gasteiger partial charge in [0.2, 0.25) is 5.95 Å². The third-order valence-corrected chi connectivity index (χ3v) is 7.72. The van der Waals surface area contributed by atoms with Crippen molar-refractivity contribution in [3.8, 4) is 11.4 Å². The summed E-state index contributed by atoms with van der Waals surface area (Å²) in [6, 6.07) is 14.7. The fourth-order valence-electron chi connectivity index (χ4n) is 5.30. The number of hydrogen-bond donors (Lipinski definition) is 1. The molecular weight excluding hydrogens is 545 g/mol. The van der Waals surface area contributed by atoms with E-state index < -0.39 is 41.5 Å². The van der Waals surface area contributed by atoms with Gasteiger partial charge < -0.3 is 18.9 Å². The van der Waals surface area contributed by atoms with Gasteiger partial charge in [-0.25, -0.2) is 9.67 Å². The number of hydrogen-bond acceptors (Lipinski definition) is 9. The van der Waals surface area contributed by atoms with E-state index in [1.807, 2.05) is 30.3 Å². The van der Waals surface area contributed by atoms with Crippen LogP contribution in [0.2, 0.25) is 5.02 Å². The molecule has 2 fully saturated rings. The van der Waals surface area contributed by atoms with E-state index in [1.54, 1.807) is 55.5 Å². The summed E-state index contributed by atoms with van der Waals surface area (Å²) in [4.78, 5) is 8.42. The van der Waals surface area contributed by atoms with Crippen molar-refractivity contribution < 1.29 is 23.3 Å². The van der Waals surface area contributed by atoms with Crippen LogP contribution in [0.15, 0.2) is 67.1 Å². The van der Waals surface area contributed by atoms with Gasteiger partial charge in [-0.05, 0) is 19.1 Å². The highest BCUT2D eigenvalue weighted by Gasteiger charge is 2.62. The second-order valence-electron chi connectivity index (χ2n) is 9.42. The lowest BCUT2D eigenvalue weighted by Gasteiger charge is -2.55. The molecule has 2 unspecified atom stereocenters. The molecule has 1 aromatic carbocycles. The Morgan fingerprint density at radius 3 is 2.69 bits per heavy atom. The number of ether oxygens (including phenoxy) is 4. The van der Waals surface area contributed by atoms with Crippen LogP contribution < -0.4 is 0 Å². The Bertz CT molecular complexity index is 1480. The zero-order valence-corrected chi connectivity index (χ0v) is 22.7. The van der Waals surface area contributed by atoms with Crippen LogP contribution in [0.1, 0.15) is 23.0 Å². The summed E-state index contributed by atoms with van der Waals surface area (Å²) in [7, 11) is 1.56. The normalized spacial score (nSPS) is 28.7. The molecule has 0 radical (unpaired) electrons. The molecule has 6 rings (SSSR count). The highest BCUT2D eigenvalue weighted by molar-refractivity contribution is 7.80. The highest BCUT2D eigenvalue weighted by Crippen LogP contribution is 2.48. The van der Waals surface area contributed by atoms with E-state index in [0.717, 1.165) is 5.56 Å². The number of methoxy groups -OCH3 is 1. The molecule has 0 bridgehead atoms. The molecule has 6 atom stereocenters. The Balaban J connectivity index is 1.55. The van der Waals surface area contributed by atoms with Gasteiger partial charge in [0, 0.05) is 36.2 Å². The van der Waals surface area contributed by atoms with Crippen molar-refractivity contribution in [1.29, 1.82) is 0 Å². The first-order chi connectivity index (χ1) is 18.9. The van der Waals surface area contributed by atoms with E-state index in [4.69, 9.17) is 43.2 Å². The fraction of sp³-hybridized carbons (Fsp3) is 0.333. The Morgan fingerprint density at radius 1 is 1.13 bits per heavy atom. The topological polar surface area (TPSA) is 93.4 Å². The molecule has 12 heteroatoms. The number of nitrogens with zero attached hydrogens (tertiary/aromatic N) is 5. The molecule has 0 N–H and O–H groups in total. The fourth-order valence-corrected chi connectivity index (χ4v) is 5.98. The average Bonchev–Trinajstić information content (AvgIpc) is 3.44. The third kappa shape index (κ3) is 4.52. The van der Waals surface area contributed by atoms with Gasteiger partial charge in [-0.2, -0.15) is 4.39 Å². The molecule has 39 heavy (non-hydrogen) atoms. The van der Waals surface area contributed by atoms with E-state index in [9.17, 15) is 4.39 Å². The lowest BCUT2D eigenvalue weighted by Crippen LogP contribution is -2.70. The molecule has 5 heterocycles. The van der Waals surface area contributed by atoms with Gasteiger partial charge in [0.1, 0.15) is 35.0 Å². The van der Waals surface area contributed by atoms with E-state index in [0.29, 0.717) is 27.5 Å². The number of halogens is 2. The predicted molar refractivity (Wildman–Crippen MR) is 143 cm³/mol. The van der Waals surface area contributed by atoms with Crippen LogP contribution in [0.25, 0.3) is 11.4 Å². The van der Waals surface area contributed by atoms with Gasteiger partial charge in [-0.3, -0.25) is 4.98 Å². The molecule has 202 valence electrons. The first kappa shape index (κ1) is 26.3. The van der Waals surface area contributed by atoms with Gasteiger partial charge in [0.25, 0.3) is 0 Å². The number of thiol groups is 1. The number of aryl methyl sites for hydroxylation is 1. The number of rotatable bonds is 5. The second kappa shape index (κ2) is 10.6. The maximum absolute atomic E-state index is 14.3. The van der Waals surface area contributed by atoms with Crippen molar-refractivity contribution in [2.45, 2.75) is 42.5 Å². The van der Waals surface area contributed by atoms with Gasteiger partial charge in [0.05, 0.1) is 23.5 Å². The molecule has 0 spiro atoms. The summed E-state index contributed by atoms with van der Waals surface area (Å²) in [5.41, 5.74) is 0.690. The number of aromatic nitrogens is 5. The summed E-state index contributed by atoms with van der Waals surface area (Å²) in [6.07, 6.45) is 2.22. The van der Waals surface area contributed by atoms with E-state index >= 15 is 0 Å². The minimum absolute atomic E-state index is 0.222. The van der Waals surface area contributed by atoms with Crippen molar-refractivity contribution in [1.82, 2.24) is 25.0 Å². The minimum atomic E-state index is -1.21. The minimum Gasteiger partial charge on any atom is -0.375 e. The maximum atomic E-state index is 14.3. The van der Waals surface area contributed by atoms with Crippen molar-refractivity contribution >= 4 is 24.2 Å². The smallest absolute Gasteiger partial charge is 0.216 e. The Kier molecular flexibility index (Phi) is 7.13. The van der Waals surface area contributed by atoms with Crippen molar-refractivity contribution in [2.24, 2.45) is 0 Å². The van der Waals surface area contributed by atoms with Gasteiger partial charge >= 0.3 is 0 Å². The van der Waals surface area contributed by atoms with Crippen LogP contribution >= 0.6 is 24.2 Å². The molecule has 0 saturated carbocycles. The number of pyridine rings is 2. The number of benzene rings is 1. The standard InChI is InChI=1S/C27H25ClFN5O4S/c1-15-8-9-19(31-24(15)29)20-13-34(33-32-20)27(17-10-18(28)12-30-11-17)22-21(37-26(39)23(27)35-2)14-36-25(38-22)16-6-4-3-5-7-16/h3-13,21-23,25-26,39H,14H2,1-2H3/t21-,22+,23+,25?,26-,27?/m1/s1. The van der Waals surface area contributed by atoms with Gasteiger partial charge in [0.15, 0.2) is 6.29 Å². The average molecular weight is 570 g/mol. The molecule has 2 aliphatic rings. The van der Waals surface area contributed by atoms with Crippen LogP contribution in [0.4, 0.5) is 4.39 Å². The zero-order chi connectivity index (χ0) is 27.1. The van der Waals surface area contributed by atoms with E-state index in [2.05, 4.69) is 20.3 Å². The molecule has 9 nitrogen and oxygen atoms in total. The summed E-state index contributed by atoms with van der Waals surface area (Å²) >= 11 is 11.2. The molecule has 4 aromatic rings. The summed E-state index contributed by atoms with van der Waals surface area (Å²) in [5.74, 6) is -0.578. The lowest BCUT2D eigenvalue weighted by molar-refractivity contribution is -0.323. The van der Waals surface area contributed by atoms with Crippen LogP contribution in [-0.4, -0.2) is 62.4 Å². The van der Waals surface area contributed by atoms with Crippen LogP contribution in [-0.2, 0) is 24.5 Å². The van der Waals surface area contributed by atoms with Crippen molar-refractivity contribution in [3.05, 3.63) is 94.8 Å². The highest BCUT2D eigenvalue weighted by atomic mass is 35.5. The zero-order valence-electron chi connectivity index (χ0n) is 21.0.